The first-order valence-electron chi connectivity index (χ1n) is 5.40. The van der Waals surface area contributed by atoms with Crippen molar-refractivity contribution < 1.29 is 28.2 Å². The Hall–Kier alpha value is -2.20. The first kappa shape index (κ1) is 15.9. The fourth-order valence-electron chi connectivity index (χ4n) is 1.34. The minimum absolute atomic E-state index is 0.102. The molecule has 0 amide bonds. The van der Waals surface area contributed by atoms with Crippen LogP contribution in [0.1, 0.15) is 12.8 Å². The van der Waals surface area contributed by atoms with Gasteiger partial charge in [0.2, 0.25) is 10.0 Å². The molecular formula is C10H13N3O6S. The van der Waals surface area contributed by atoms with Crippen molar-refractivity contribution in [2.24, 2.45) is 0 Å². The Bertz CT molecular complexity index is 615. The number of aliphatic carboxylic acids is 2. The zero-order valence-corrected chi connectivity index (χ0v) is 11.0. The van der Waals surface area contributed by atoms with Gasteiger partial charge >= 0.3 is 11.9 Å². The van der Waals surface area contributed by atoms with E-state index >= 15 is 0 Å². The summed E-state index contributed by atoms with van der Waals surface area (Å²) in [7, 11) is -4.14. The Labute approximate surface area is 114 Å². The molecule has 1 atom stereocenters. The summed E-state index contributed by atoms with van der Waals surface area (Å²) in [6, 6.07) is -0.427. The SMILES string of the molecule is Nc1cncc(S(=O)(=O)NC(CCC(=O)O)C(=O)O)c1. The molecule has 0 spiro atoms. The number of nitrogens with one attached hydrogen (secondary N) is 1. The van der Waals surface area contributed by atoms with E-state index in [-0.39, 0.29) is 17.0 Å². The largest absolute Gasteiger partial charge is 0.481 e. The van der Waals surface area contributed by atoms with Gasteiger partial charge in [-0.15, -0.1) is 0 Å². The Morgan fingerprint density at radius 1 is 1.35 bits per heavy atom. The number of nitrogen functional groups attached to an aromatic ring is 1. The smallest absolute Gasteiger partial charge is 0.321 e. The second kappa shape index (κ2) is 6.30. The van der Waals surface area contributed by atoms with E-state index in [1.807, 2.05) is 4.72 Å². The molecule has 1 aromatic heterocycles. The van der Waals surface area contributed by atoms with Crippen LogP contribution < -0.4 is 10.5 Å². The fraction of sp³-hybridized carbons (Fsp3) is 0.300. The summed E-state index contributed by atoms with van der Waals surface area (Å²) in [6.07, 6.45) is 1.39. The Balaban J connectivity index is 2.91. The number of carboxylic acids is 2. The lowest BCUT2D eigenvalue weighted by atomic mass is 10.2. The average Bonchev–Trinajstić information content (AvgIpc) is 2.34. The quantitative estimate of drug-likeness (QED) is 0.512. The third-order valence-corrected chi connectivity index (χ3v) is 3.73. The van der Waals surface area contributed by atoms with Gasteiger partial charge in [-0.2, -0.15) is 4.72 Å². The average molecular weight is 303 g/mol. The van der Waals surface area contributed by atoms with Gasteiger partial charge in [-0.05, 0) is 12.5 Å². The van der Waals surface area contributed by atoms with E-state index in [1.165, 1.54) is 6.20 Å². The topological polar surface area (TPSA) is 160 Å². The Morgan fingerprint density at radius 3 is 2.50 bits per heavy atom. The molecule has 5 N–H and O–H groups in total. The van der Waals surface area contributed by atoms with Crippen molar-refractivity contribution in [1.29, 1.82) is 0 Å². The summed E-state index contributed by atoms with van der Waals surface area (Å²) in [5.41, 5.74) is 5.50. The molecule has 110 valence electrons. The van der Waals surface area contributed by atoms with Crippen molar-refractivity contribution in [2.75, 3.05) is 5.73 Å². The number of rotatable bonds is 7. The molecule has 1 rings (SSSR count). The molecule has 9 nitrogen and oxygen atoms in total. The zero-order chi connectivity index (χ0) is 15.3. The van der Waals surface area contributed by atoms with Gasteiger partial charge in [-0.25, -0.2) is 8.42 Å². The molecule has 1 heterocycles. The summed E-state index contributed by atoms with van der Waals surface area (Å²) >= 11 is 0. The molecule has 0 saturated heterocycles. The van der Waals surface area contributed by atoms with Crippen molar-refractivity contribution in [3.8, 4) is 0 Å². The Kier molecular flexibility index (Phi) is 5.00. The molecular weight excluding hydrogens is 290 g/mol. The van der Waals surface area contributed by atoms with Gasteiger partial charge in [-0.3, -0.25) is 14.6 Å². The predicted octanol–water partition coefficient (Wildman–Crippen LogP) is -0.740. The van der Waals surface area contributed by atoms with E-state index in [4.69, 9.17) is 15.9 Å². The third-order valence-electron chi connectivity index (χ3n) is 2.29. The summed E-state index contributed by atoms with van der Waals surface area (Å²) in [4.78, 5) is 24.6. The van der Waals surface area contributed by atoms with Crippen LogP contribution in [0.4, 0.5) is 5.69 Å². The van der Waals surface area contributed by atoms with Crippen LogP contribution in [0, 0.1) is 0 Å². The molecule has 0 radical (unpaired) electrons. The van der Waals surface area contributed by atoms with Crippen LogP contribution in [0.15, 0.2) is 23.4 Å². The standard InChI is InChI=1S/C10H13N3O6S/c11-6-3-7(5-12-4-6)20(18,19)13-8(10(16)17)1-2-9(14)15/h3-5,8,13H,1-2,11H2,(H,14,15)(H,16,17). The van der Waals surface area contributed by atoms with Crippen molar-refractivity contribution in [3.05, 3.63) is 18.5 Å². The molecule has 0 saturated carbocycles. The number of hydrogen-bond acceptors (Lipinski definition) is 6. The summed E-state index contributed by atoms with van der Waals surface area (Å²) in [5, 5.41) is 17.4. The molecule has 0 aliphatic rings. The van der Waals surface area contributed by atoms with Gasteiger partial charge in [0.15, 0.2) is 0 Å². The zero-order valence-electron chi connectivity index (χ0n) is 10.2. The van der Waals surface area contributed by atoms with E-state index in [2.05, 4.69) is 4.98 Å². The van der Waals surface area contributed by atoms with Crippen LogP contribution in [-0.4, -0.2) is 41.6 Å². The van der Waals surface area contributed by atoms with Gasteiger partial charge in [-0.1, -0.05) is 0 Å². The van der Waals surface area contributed by atoms with Crippen LogP contribution in [0.2, 0.25) is 0 Å². The molecule has 20 heavy (non-hydrogen) atoms. The minimum atomic E-state index is -4.14. The Morgan fingerprint density at radius 2 is 2.00 bits per heavy atom. The second-order valence-electron chi connectivity index (χ2n) is 3.90. The number of aromatic nitrogens is 1. The molecule has 1 aromatic rings. The highest BCUT2D eigenvalue weighted by Crippen LogP contribution is 2.12. The lowest BCUT2D eigenvalue weighted by Gasteiger charge is -2.13. The maximum Gasteiger partial charge on any atom is 0.321 e. The molecule has 0 aliphatic carbocycles. The number of hydrogen-bond donors (Lipinski definition) is 4. The summed E-state index contributed by atoms with van der Waals surface area (Å²) < 4.78 is 25.8. The fourth-order valence-corrected chi connectivity index (χ4v) is 2.56. The number of carbonyl (C=O) groups is 2. The van der Waals surface area contributed by atoms with E-state index in [9.17, 15) is 18.0 Å². The lowest BCUT2D eigenvalue weighted by Crippen LogP contribution is -2.41. The van der Waals surface area contributed by atoms with E-state index in [0.29, 0.717) is 0 Å². The van der Waals surface area contributed by atoms with Crippen LogP contribution >= 0.6 is 0 Å². The first-order valence-corrected chi connectivity index (χ1v) is 6.88. The molecule has 1 unspecified atom stereocenters. The number of pyridine rings is 1. The predicted molar refractivity (Wildman–Crippen MR) is 67.3 cm³/mol. The van der Waals surface area contributed by atoms with Gasteiger partial charge in [0.1, 0.15) is 10.9 Å². The number of anilines is 1. The van der Waals surface area contributed by atoms with Crippen LogP contribution in [0.5, 0.6) is 0 Å². The normalized spacial score (nSPS) is 12.8. The van der Waals surface area contributed by atoms with Crippen molar-refractivity contribution in [3.63, 3.8) is 0 Å². The number of nitrogens with two attached hydrogens (primary N) is 1. The van der Waals surface area contributed by atoms with E-state index in [0.717, 1.165) is 12.3 Å². The monoisotopic (exact) mass is 303 g/mol. The highest BCUT2D eigenvalue weighted by Gasteiger charge is 2.26. The maximum absolute atomic E-state index is 11.9. The highest BCUT2D eigenvalue weighted by atomic mass is 32.2. The highest BCUT2D eigenvalue weighted by molar-refractivity contribution is 7.89. The third kappa shape index (κ3) is 4.48. The number of sulfonamides is 1. The van der Waals surface area contributed by atoms with E-state index in [1.54, 1.807) is 0 Å². The molecule has 0 aromatic carbocycles. The summed E-state index contributed by atoms with van der Waals surface area (Å²) in [5.74, 6) is -2.69. The molecule has 0 bridgehead atoms. The summed E-state index contributed by atoms with van der Waals surface area (Å²) in [6.45, 7) is 0. The molecule has 10 heteroatoms. The van der Waals surface area contributed by atoms with Gasteiger partial charge in [0.25, 0.3) is 0 Å². The molecule has 0 aliphatic heterocycles. The number of nitrogens with zero attached hydrogens (tertiary/aromatic N) is 1. The van der Waals surface area contributed by atoms with Crippen molar-refractivity contribution >= 4 is 27.6 Å². The van der Waals surface area contributed by atoms with Crippen LogP contribution in [0.25, 0.3) is 0 Å². The lowest BCUT2D eigenvalue weighted by molar-refractivity contribution is -0.140. The van der Waals surface area contributed by atoms with Gasteiger partial charge < -0.3 is 15.9 Å². The minimum Gasteiger partial charge on any atom is -0.481 e. The van der Waals surface area contributed by atoms with Crippen molar-refractivity contribution in [2.45, 2.75) is 23.8 Å². The molecule has 0 fully saturated rings. The second-order valence-corrected chi connectivity index (χ2v) is 5.61. The van der Waals surface area contributed by atoms with Gasteiger partial charge in [0.05, 0.1) is 5.69 Å². The van der Waals surface area contributed by atoms with Crippen LogP contribution in [0.3, 0.4) is 0 Å². The maximum atomic E-state index is 11.9. The van der Waals surface area contributed by atoms with Crippen molar-refractivity contribution in [1.82, 2.24) is 9.71 Å². The van der Waals surface area contributed by atoms with Crippen LogP contribution in [-0.2, 0) is 19.6 Å². The van der Waals surface area contributed by atoms with Gasteiger partial charge in [0, 0.05) is 18.8 Å². The van der Waals surface area contributed by atoms with E-state index < -0.39 is 34.4 Å². The first-order chi connectivity index (χ1) is 9.22. The number of carboxylic acid groups (broad SMARTS) is 2.